The first kappa shape index (κ1) is 16.1. The van der Waals surface area contributed by atoms with Crippen molar-refractivity contribution in [2.75, 3.05) is 6.54 Å². The molecule has 0 spiro atoms. The van der Waals surface area contributed by atoms with Gasteiger partial charge in [-0.2, -0.15) is 13.2 Å². The molecule has 1 aliphatic rings. The van der Waals surface area contributed by atoms with E-state index in [0.29, 0.717) is 0 Å². The van der Waals surface area contributed by atoms with E-state index in [-0.39, 0.29) is 0 Å². The highest BCUT2D eigenvalue weighted by atomic mass is 19.4. The van der Waals surface area contributed by atoms with Crippen LogP contribution < -0.4 is 5.32 Å². The van der Waals surface area contributed by atoms with E-state index in [2.05, 4.69) is 14.9 Å². The summed E-state index contributed by atoms with van der Waals surface area (Å²) in [7, 11) is 0. The minimum absolute atomic E-state index is 0.570. The Morgan fingerprint density at radius 2 is 1.92 bits per heavy atom. The maximum Gasteiger partial charge on any atom is 0.416 e. The lowest BCUT2D eigenvalue weighted by Crippen LogP contribution is -2.84. The number of quaternary nitrogens is 1. The zero-order valence-corrected chi connectivity index (χ0v) is 13.7. The summed E-state index contributed by atoms with van der Waals surface area (Å²) >= 11 is 0. The van der Waals surface area contributed by atoms with Gasteiger partial charge >= 0.3 is 6.18 Å². The molecular formula is C19H19F3N3+. The minimum atomic E-state index is -4.31. The SMILES string of the molecule is FC(F)(F)c1ccc2c(c1)c1c(n2CCc2ccncc2)CC[NH2+]C1. The third-order valence-electron chi connectivity index (χ3n) is 4.92. The third kappa shape index (κ3) is 3.02. The molecule has 2 aromatic heterocycles. The smallest absolute Gasteiger partial charge is 0.344 e. The van der Waals surface area contributed by atoms with E-state index in [9.17, 15) is 13.2 Å². The molecule has 1 aliphatic heterocycles. The minimum Gasteiger partial charge on any atom is -0.344 e. The molecule has 4 rings (SSSR count). The largest absolute Gasteiger partial charge is 0.416 e. The van der Waals surface area contributed by atoms with Gasteiger partial charge in [-0.25, -0.2) is 0 Å². The predicted molar refractivity (Wildman–Crippen MR) is 89.1 cm³/mol. The van der Waals surface area contributed by atoms with E-state index in [1.807, 2.05) is 12.1 Å². The molecule has 3 aromatic rings. The van der Waals surface area contributed by atoms with Crippen molar-refractivity contribution in [3.8, 4) is 0 Å². The number of nitrogens with two attached hydrogens (primary N) is 1. The molecule has 130 valence electrons. The first-order valence-electron chi connectivity index (χ1n) is 8.46. The highest BCUT2D eigenvalue weighted by Crippen LogP contribution is 2.35. The van der Waals surface area contributed by atoms with Gasteiger partial charge in [0.1, 0.15) is 6.54 Å². The van der Waals surface area contributed by atoms with Crippen molar-refractivity contribution < 1.29 is 18.5 Å². The predicted octanol–water partition coefficient (Wildman–Crippen LogP) is 2.92. The van der Waals surface area contributed by atoms with E-state index in [4.69, 9.17) is 0 Å². The van der Waals surface area contributed by atoms with E-state index >= 15 is 0 Å². The van der Waals surface area contributed by atoms with Gasteiger partial charge in [0.15, 0.2) is 0 Å². The van der Waals surface area contributed by atoms with E-state index in [1.165, 1.54) is 23.4 Å². The molecule has 0 atom stereocenters. The number of rotatable bonds is 3. The van der Waals surface area contributed by atoms with Crippen LogP contribution in [0.25, 0.3) is 10.9 Å². The molecule has 0 bridgehead atoms. The summed E-state index contributed by atoms with van der Waals surface area (Å²) in [6.07, 6.45) is 0.954. The van der Waals surface area contributed by atoms with E-state index < -0.39 is 11.7 Å². The molecule has 0 aliphatic carbocycles. The Balaban J connectivity index is 1.77. The highest BCUT2D eigenvalue weighted by Gasteiger charge is 2.32. The summed E-state index contributed by atoms with van der Waals surface area (Å²) in [4.78, 5) is 4.03. The van der Waals surface area contributed by atoms with Crippen LogP contribution in [0, 0.1) is 0 Å². The van der Waals surface area contributed by atoms with Crippen LogP contribution in [0.2, 0.25) is 0 Å². The molecule has 25 heavy (non-hydrogen) atoms. The lowest BCUT2D eigenvalue weighted by Gasteiger charge is -2.15. The molecule has 3 heterocycles. The van der Waals surface area contributed by atoms with Gasteiger partial charge in [0.05, 0.1) is 12.1 Å². The Labute approximate surface area is 143 Å². The number of aromatic nitrogens is 2. The molecule has 0 fully saturated rings. The molecule has 0 saturated carbocycles. The number of halogens is 3. The van der Waals surface area contributed by atoms with Crippen LogP contribution in [-0.2, 0) is 32.1 Å². The van der Waals surface area contributed by atoms with Crippen molar-refractivity contribution in [2.45, 2.75) is 32.1 Å². The van der Waals surface area contributed by atoms with Crippen LogP contribution >= 0.6 is 0 Å². The monoisotopic (exact) mass is 346 g/mol. The average Bonchev–Trinajstić information content (AvgIpc) is 2.93. The van der Waals surface area contributed by atoms with Gasteiger partial charge in [0.25, 0.3) is 0 Å². The van der Waals surface area contributed by atoms with Crippen molar-refractivity contribution in [1.29, 1.82) is 0 Å². The Morgan fingerprint density at radius 1 is 1.12 bits per heavy atom. The van der Waals surface area contributed by atoms with Gasteiger partial charge < -0.3 is 9.88 Å². The van der Waals surface area contributed by atoms with Crippen LogP contribution in [0.15, 0.2) is 42.7 Å². The molecule has 0 amide bonds. The normalized spacial score (nSPS) is 14.7. The number of pyridine rings is 1. The first-order chi connectivity index (χ1) is 12.0. The average molecular weight is 346 g/mol. The number of hydrogen-bond acceptors (Lipinski definition) is 1. The van der Waals surface area contributed by atoms with Crippen LogP contribution in [0.1, 0.15) is 22.4 Å². The molecule has 0 saturated heterocycles. The fourth-order valence-electron chi connectivity index (χ4n) is 3.70. The van der Waals surface area contributed by atoms with Crippen molar-refractivity contribution in [3.05, 3.63) is 65.1 Å². The second-order valence-electron chi connectivity index (χ2n) is 6.44. The lowest BCUT2D eigenvalue weighted by atomic mass is 10.0. The van der Waals surface area contributed by atoms with Crippen molar-refractivity contribution in [2.24, 2.45) is 0 Å². The second kappa shape index (κ2) is 6.19. The standard InChI is InChI=1S/C19H18F3N3/c20-19(21,22)14-1-2-17-15(11-14)16-12-24-9-5-18(16)25(17)10-6-13-3-7-23-8-4-13/h1-4,7-8,11,24H,5-6,9-10,12H2/p+1. The van der Waals surface area contributed by atoms with E-state index in [0.717, 1.165) is 48.9 Å². The highest BCUT2D eigenvalue weighted by molar-refractivity contribution is 5.86. The Bertz CT molecular complexity index is 898. The topological polar surface area (TPSA) is 34.4 Å². The van der Waals surface area contributed by atoms with Gasteiger partial charge in [-0.3, -0.25) is 4.98 Å². The quantitative estimate of drug-likeness (QED) is 0.777. The zero-order valence-electron chi connectivity index (χ0n) is 13.7. The van der Waals surface area contributed by atoms with Crippen molar-refractivity contribution >= 4 is 10.9 Å². The number of alkyl halides is 3. The van der Waals surface area contributed by atoms with Gasteiger partial charge in [-0.05, 0) is 42.3 Å². The molecule has 2 N–H and O–H groups in total. The molecule has 6 heteroatoms. The summed E-state index contributed by atoms with van der Waals surface area (Å²) in [5, 5.41) is 2.91. The Kier molecular flexibility index (Phi) is 4.00. The van der Waals surface area contributed by atoms with Gasteiger partial charge in [0, 0.05) is 47.5 Å². The van der Waals surface area contributed by atoms with Gasteiger partial charge in [-0.1, -0.05) is 0 Å². The van der Waals surface area contributed by atoms with Crippen molar-refractivity contribution in [1.82, 2.24) is 9.55 Å². The number of hydrogen-bond donors (Lipinski definition) is 1. The lowest BCUT2D eigenvalue weighted by molar-refractivity contribution is -0.673. The van der Waals surface area contributed by atoms with E-state index in [1.54, 1.807) is 18.5 Å². The van der Waals surface area contributed by atoms with Crippen molar-refractivity contribution in [3.63, 3.8) is 0 Å². The number of benzene rings is 1. The summed E-state index contributed by atoms with van der Waals surface area (Å²) in [6, 6.07) is 8.10. The summed E-state index contributed by atoms with van der Waals surface area (Å²) in [6.45, 7) is 2.49. The molecule has 0 radical (unpaired) electrons. The Morgan fingerprint density at radius 3 is 2.68 bits per heavy atom. The van der Waals surface area contributed by atoms with Gasteiger partial charge in [-0.15, -0.1) is 0 Å². The number of aryl methyl sites for hydroxylation is 2. The van der Waals surface area contributed by atoms with Crippen LogP contribution in [-0.4, -0.2) is 16.1 Å². The summed E-state index contributed by atoms with van der Waals surface area (Å²) in [5.74, 6) is 0. The maximum atomic E-state index is 13.1. The molecule has 1 aromatic carbocycles. The summed E-state index contributed by atoms with van der Waals surface area (Å²) < 4.78 is 41.5. The van der Waals surface area contributed by atoms with Crippen LogP contribution in [0.5, 0.6) is 0 Å². The number of nitrogens with zero attached hydrogens (tertiary/aromatic N) is 2. The fourth-order valence-corrected chi connectivity index (χ4v) is 3.70. The first-order valence-corrected chi connectivity index (χ1v) is 8.46. The zero-order chi connectivity index (χ0) is 17.4. The molecule has 0 unspecified atom stereocenters. The third-order valence-corrected chi connectivity index (χ3v) is 4.92. The fraction of sp³-hybridized carbons (Fsp3) is 0.316. The second-order valence-corrected chi connectivity index (χ2v) is 6.44. The molecule has 3 nitrogen and oxygen atoms in total. The molecular weight excluding hydrogens is 327 g/mol. The van der Waals surface area contributed by atoms with Crippen LogP contribution in [0.3, 0.4) is 0 Å². The van der Waals surface area contributed by atoms with Crippen LogP contribution in [0.4, 0.5) is 13.2 Å². The van der Waals surface area contributed by atoms with Gasteiger partial charge in [0.2, 0.25) is 0 Å². The maximum absolute atomic E-state index is 13.1. The number of fused-ring (bicyclic) bond motifs is 3. The Hall–Kier alpha value is -2.34. The summed E-state index contributed by atoms with van der Waals surface area (Å²) in [5.41, 5.74) is 3.76.